The summed E-state index contributed by atoms with van der Waals surface area (Å²) in [6.07, 6.45) is 5.42. The average molecular weight is 231 g/mol. The van der Waals surface area contributed by atoms with Crippen molar-refractivity contribution in [3.8, 4) is 0 Å². The summed E-state index contributed by atoms with van der Waals surface area (Å²) in [5.74, 6) is 0. The smallest absolute Gasteiger partial charge is 0.0208 e. The summed E-state index contributed by atoms with van der Waals surface area (Å²) in [6.45, 7) is 7.97. The second-order valence-electron chi connectivity index (χ2n) is 6.33. The molecule has 1 aromatic rings. The van der Waals surface area contributed by atoms with Crippen molar-refractivity contribution in [2.75, 3.05) is 0 Å². The van der Waals surface area contributed by atoms with Crippen LogP contribution in [0.4, 0.5) is 0 Å². The predicted octanol–water partition coefficient (Wildman–Crippen LogP) is 4.05. The third-order valence-electron chi connectivity index (χ3n) is 3.88. The molecule has 94 valence electrons. The first-order valence-electron chi connectivity index (χ1n) is 6.84. The van der Waals surface area contributed by atoms with E-state index in [1.807, 2.05) is 0 Å². The molecular weight excluding hydrogens is 206 g/mol. The van der Waals surface area contributed by atoms with Crippen LogP contribution in [0.25, 0.3) is 0 Å². The second kappa shape index (κ2) is 5.22. The van der Waals surface area contributed by atoms with Gasteiger partial charge in [-0.25, -0.2) is 0 Å². The van der Waals surface area contributed by atoms with E-state index in [-0.39, 0.29) is 0 Å². The van der Waals surface area contributed by atoms with Crippen molar-refractivity contribution in [1.82, 2.24) is 5.32 Å². The van der Waals surface area contributed by atoms with Crippen LogP contribution in [-0.2, 0) is 6.54 Å². The lowest BCUT2D eigenvalue weighted by atomic mass is 9.75. The Labute approximate surface area is 106 Å². The Morgan fingerprint density at radius 2 is 2.18 bits per heavy atom. The van der Waals surface area contributed by atoms with E-state index >= 15 is 0 Å². The summed E-state index contributed by atoms with van der Waals surface area (Å²) in [5.41, 5.74) is 3.30. The largest absolute Gasteiger partial charge is 0.310 e. The van der Waals surface area contributed by atoms with Crippen LogP contribution in [0.3, 0.4) is 0 Å². The van der Waals surface area contributed by atoms with Gasteiger partial charge < -0.3 is 5.32 Å². The molecule has 2 rings (SSSR count). The predicted molar refractivity (Wildman–Crippen MR) is 74.1 cm³/mol. The molecule has 0 aromatic heterocycles. The Hall–Kier alpha value is -0.820. The fraction of sp³-hybridized carbons (Fsp3) is 0.625. The van der Waals surface area contributed by atoms with Crippen LogP contribution in [0.15, 0.2) is 24.3 Å². The molecule has 1 aliphatic rings. The highest BCUT2D eigenvalue weighted by atomic mass is 14.9. The van der Waals surface area contributed by atoms with Gasteiger partial charge >= 0.3 is 0 Å². The summed E-state index contributed by atoms with van der Waals surface area (Å²) in [6, 6.07) is 9.51. The van der Waals surface area contributed by atoms with Crippen molar-refractivity contribution in [3.05, 3.63) is 35.4 Å². The van der Waals surface area contributed by atoms with Gasteiger partial charge in [0.2, 0.25) is 0 Å². The number of hydrogen-bond donors (Lipinski definition) is 1. The van der Waals surface area contributed by atoms with Crippen LogP contribution in [0.5, 0.6) is 0 Å². The Morgan fingerprint density at radius 3 is 2.88 bits per heavy atom. The first-order valence-corrected chi connectivity index (χ1v) is 6.84. The summed E-state index contributed by atoms with van der Waals surface area (Å²) < 4.78 is 0. The molecule has 0 spiro atoms. The Balaban J connectivity index is 1.86. The van der Waals surface area contributed by atoms with E-state index in [4.69, 9.17) is 0 Å². The summed E-state index contributed by atoms with van der Waals surface area (Å²) in [5, 5.41) is 3.72. The van der Waals surface area contributed by atoms with Crippen molar-refractivity contribution in [2.45, 2.75) is 59.0 Å². The lowest BCUT2D eigenvalue weighted by Gasteiger charge is -2.35. The van der Waals surface area contributed by atoms with E-state index in [0.717, 1.165) is 6.54 Å². The zero-order valence-corrected chi connectivity index (χ0v) is 11.4. The number of benzene rings is 1. The van der Waals surface area contributed by atoms with Gasteiger partial charge in [-0.05, 0) is 37.2 Å². The van der Waals surface area contributed by atoms with E-state index in [1.54, 1.807) is 0 Å². The first-order chi connectivity index (χ1) is 8.05. The summed E-state index contributed by atoms with van der Waals surface area (Å²) in [7, 11) is 0. The minimum absolute atomic E-state index is 0.530. The van der Waals surface area contributed by atoms with E-state index in [9.17, 15) is 0 Å². The van der Waals surface area contributed by atoms with Gasteiger partial charge in [-0.2, -0.15) is 0 Å². The van der Waals surface area contributed by atoms with Gasteiger partial charge in [-0.15, -0.1) is 0 Å². The van der Waals surface area contributed by atoms with Crippen molar-refractivity contribution in [1.29, 1.82) is 0 Å². The highest BCUT2D eigenvalue weighted by Crippen LogP contribution is 2.35. The van der Waals surface area contributed by atoms with Crippen molar-refractivity contribution >= 4 is 0 Å². The fourth-order valence-electron chi connectivity index (χ4n) is 2.96. The fourth-order valence-corrected chi connectivity index (χ4v) is 2.96. The molecule has 17 heavy (non-hydrogen) atoms. The minimum Gasteiger partial charge on any atom is -0.310 e. The average Bonchev–Trinajstić information content (AvgIpc) is 2.25. The molecule has 1 atom stereocenters. The maximum Gasteiger partial charge on any atom is 0.0208 e. The molecule has 1 heteroatoms. The van der Waals surface area contributed by atoms with Crippen LogP contribution >= 0.6 is 0 Å². The lowest BCUT2D eigenvalue weighted by molar-refractivity contribution is 0.198. The molecule has 1 aliphatic carbocycles. The number of rotatable bonds is 3. The standard InChI is InChI=1S/C16H25N/c1-13-6-4-7-14(10-13)12-17-15-8-5-9-16(2,3)11-15/h4,6-7,10,15,17H,5,8-9,11-12H2,1-3H3. The van der Waals surface area contributed by atoms with E-state index in [2.05, 4.69) is 50.4 Å². The molecule has 0 amide bonds. The van der Waals surface area contributed by atoms with Crippen LogP contribution in [0.2, 0.25) is 0 Å². The molecule has 0 aliphatic heterocycles. The van der Waals surface area contributed by atoms with Gasteiger partial charge in [0.05, 0.1) is 0 Å². The topological polar surface area (TPSA) is 12.0 Å². The normalized spacial score (nSPS) is 23.6. The molecule has 1 N–H and O–H groups in total. The zero-order chi connectivity index (χ0) is 12.3. The molecule has 1 saturated carbocycles. The van der Waals surface area contributed by atoms with Crippen LogP contribution in [0.1, 0.15) is 50.7 Å². The Bertz CT molecular complexity index is 368. The minimum atomic E-state index is 0.530. The molecular formula is C16H25N. The van der Waals surface area contributed by atoms with E-state index in [0.29, 0.717) is 11.5 Å². The zero-order valence-electron chi connectivity index (χ0n) is 11.4. The van der Waals surface area contributed by atoms with Crippen LogP contribution in [-0.4, -0.2) is 6.04 Å². The third-order valence-corrected chi connectivity index (χ3v) is 3.88. The highest BCUT2D eigenvalue weighted by molar-refractivity contribution is 5.22. The summed E-state index contributed by atoms with van der Waals surface area (Å²) in [4.78, 5) is 0. The molecule has 1 aromatic carbocycles. The van der Waals surface area contributed by atoms with Gasteiger partial charge in [0.25, 0.3) is 0 Å². The quantitative estimate of drug-likeness (QED) is 0.827. The SMILES string of the molecule is Cc1cccc(CNC2CCCC(C)(C)C2)c1. The molecule has 1 unspecified atom stereocenters. The summed E-state index contributed by atoms with van der Waals surface area (Å²) >= 11 is 0. The Morgan fingerprint density at radius 1 is 1.35 bits per heavy atom. The second-order valence-corrected chi connectivity index (χ2v) is 6.33. The third kappa shape index (κ3) is 3.85. The molecule has 1 nitrogen and oxygen atoms in total. The maximum atomic E-state index is 3.72. The van der Waals surface area contributed by atoms with E-state index in [1.165, 1.54) is 36.8 Å². The maximum absolute atomic E-state index is 3.72. The van der Waals surface area contributed by atoms with Crippen LogP contribution < -0.4 is 5.32 Å². The van der Waals surface area contributed by atoms with Gasteiger partial charge in [0.15, 0.2) is 0 Å². The molecule has 0 heterocycles. The van der Waals surface area contributed by atoms with Crippen molar-refractivity contribution in [2.24, 2.45) is 5.41 Å². The number of hydrogen-bond acceptors (Lipinski definition) is 1. The van der Waals surface area contributed by atoms with Gasteiger partial charge in [-0.1, -0.05) is 50.1 Å². The van der Waals surface area contributed by atoms with Gasteiger partial charge in [-0.3, -0.25) is 0 Å². The van der Waals surface area contributed by atoms with E-state index < -0.39 is 0 Å². The van der Waals surface area contributed by atoms with Crippen molar-refractivity contribution < 1.29 is 0 Å². The van der Waals surface area contributed by atoms with Crippen LogP contribution in [0, 0.1) is 12.3 Å². The molecule has 0 bridgehead atoms. The molecule has 0 radical (unpaired) electrons. The van der Waals surface area contributed by atoms with Crippen molar-refractivity contribution in [3.63, 3.8) is 0 Å². The highest BCUT2D eigenvalue weighted by Gasteiger charge is 2.27. The molecule has 1 fully saturated rings. The van der Waals surface area contributed by atoms with Gasteiger partial charge in [0, 0.05) is 12.6 Å². The molecule has 0 saturated heterocycles. The van der Waals surface area contributed by atoms with Gasteiger partial charge in [0.1, 0.15) is 0 Å². The lowest BCUT2D eigenvalue weighted by Crippen LogP contribution is -2.36. The monoisotopic (exact) mass is 231 g/mol. The Kier molecular flexibility index (Phi) is 3.88. The number of aryl methyl sites for hydroxylation is 1. The first kappa shape index (κ1) is 12.6. The number of nitrogens with one attached hydrogen (secondary N) is 1.